The Morgan fingerprint density at radius 2 is 2.00 bits per heavy atom. The number of hydrogen-bond donors (Lipinski definition) is 2. The van der Waals surface area contributed by atoms with Gasteiger partial charge >= 0.3 is 0 Å². The van der Waals surface area contributed by atoms with Crippen molar-refractivity contribution in [3.8, 4) is 11.8 Å². The number of rotatable bonds is 3. The molecule has 0 bridgehead atoms. The molecule has 3 saturated carbocycles. The third kappa shape index (κ3) is 4.12. The zero-order valence-electron chi connectivity index (χ0n) is 18.8. The maximum absolute atomic E-state index is 10.2. The summed E-state index contributed by atoms with van der Waals surface area (Å²) in [5.41, 5.74) is 5.94. The van der Waals surface area contributed by atoms with Crippen LogP contribution in [0, 0.1) is 28.6 Å². The molecule has 2 N–H and O–H groups in total. The predicted octanol–water partition coefficient (Wildman–Crippen LogP) is 6.02. The van der Waals surface area contributed by atoms with Gasteiger partial charge in [0, 0.05) is 11.8 Å². The van der Waals surface area contributed by atoms with E-state index in [4.69, 9.17) is 0 Å². The van der Waals surface area contributed by atoms with Crippen LogP contribution in [-0.2, 0) is 0 Å². The lowest BCUT2D eigenvalue weighted by atomic mass is 9.54. The predicted molar refractivity (Wildman–Crippen MR) is 124 cm³/mol. The smallest absolute Gasteiger partial charge is 0.111 e. The van der Waals surface area contributed by atoms with Gasteiger partial charge in [0.15, 0.2) is 0 Å². The molecule has 0 aromatic carbocycles. The number of hydrogen-bond acceptors (Lipinski definition) is 2. The van der Waals surface area contributed by atoms with Crippen LogP contribution in [0.4, 0.5) is 0 Å². The van der Waals surface area contributed by atoms with Gasteiger partial charge in [-0.05, 0) is 93.6 Å². The monoisotopic (exact) mass is 406 g/mol. The topological polar surface area (TPSA) is 40.5 Å². The van der Waals surface area contributed by atoms with Gasteiger partial charge in [-0.25, -0.2) is 0 Å². The van der Waals surface area contributed by atoms with Gasteiger partial charge in [0.05, 0.1) is 6.10 Å². The highest BCUT2D eigenvalue weighted by atomic mass is 16.3. The fourth-order valence-electron chi connectivity index (χ4n) is 6.39. The van der Waals surface area contributed by atoms with Gasteiger partial charge in [0.1, 0.15) is 6.10 Å². The Kier molecular flexibility index (Phi) is 6.16. The summed E-state index contributed by atoms with van der Waals surface area (Å²) in [5.74, 6) is 6.87. The Morgan fingerprint density at radius 1 is 1.20 bits per heavy atom. The summed E-state index contributed by atoms with van der Waals surface area (Å²) in [5, 5.41) is 19.7. The number of allylic oxidation sites excluding steroid dienone is 5. The van der Waals surface area contributed by atoms with E-state index in [1.165, 1.54) is 50.5 Å². The lowest BCUT2D eigenvalue weighted by Crippen LogP contribution is -2.39. The van der Waals surface area contributed by atoms with Gasteiger partial charge in [0.25, 0.3) is 0 Å². The summed E-state index contributed by atoms with van der Waals surface area (Å²) in [6.45, 7) is 8.40. The third-order valence-electron chi connectivity index (χ3n) is 8.20. The molecule has 4 atom stereocenters. The van der Waals surface area contributed by atoms with Crippen molar-refractivity contribution < 1.29 is 10.2 Å². The van der Waals surface area contributed by atoms with Gasteiger partial charge in [-0.2, -0.15) is 0 Å². The van der Waals surface area contributed by atoms with Crippen molar-refractivity contribution in [2.75, 3.05) is 0 Å². The highest BCUT2D eigenvalue weighted by Crippen LogP contribution is 2.66. The van der Waals surface area contributed by atoms with Crippen LogP contribution in [-0.4, -0.2) is 22.4 Å². The van der Waals surface area contributed by atoms with E-state index in [2.05, 4.69) is 43.6 Å². The molecule has 0 aliphatic heterocycles. The van der Waals surface area contributed by atoms with E-state index in [0.29, 0.717) is 5.92 Å². The molecule has 0 aromatic heterocycles. The van der Waals surface area contributed by atoms with Crippen molar-refractivity contribution in [1.29, 1.82) is 0 Å². The SMILES string of the molecule is C=C1/C(=C\C=C2/CCCC3(C)C(C4(CC#CC(C)O)CC4)=CCCC23)CCCC1O. The van der Waals surface area contributed by atoms with Gasteiger partial charge in [-0.3, -0.25) is 0 Å². The van der Waals surface area contributed by atoms with Gasteiger partial charge in [0.2, 0.25) is 0 Å². The van der Waals surface area contributed by atoms with Gasteiger partial charge in [-0.15, -0.1) is 0 Å². The number of fused-ring (bicyclic) bond motifs is 1. The summed E-state index contributed by atoms with van der Waals surface area (Å²) in [6, 6.07) is 0. The molecule has 3 fully saturated rings. The molecule has 0 saturated heterocycles. The van der Waals surface area contributed by atoms with Crippen molar-refractivity contribution in [1.82, 2.24) is 0 Å². The fourth-order valence-corrected chi connectivity index (χ4v) is 6.39. The molecule has 0 spiro atoms. The second kappa shape index (κ2) is 8.52. The Balaban J connectivity index is 1.58. The van der Waals surface area contributed by atoms with E-state index < -0.39 is 6.10 Å². The first-order chi connectivity index (χ1) is 14.4. The first kappa shape index (κ1) is 21.7. The van der Waals surface area contributed by atoms with Crippen LogP contribution in [0.5, 0.6) is 0 Å². The molecule has 0 radical (unpaired) electrons. The molecule has 0 heterocycles. The molecule has 162 valence electrons. The minimum absolute atomic E-state index is 0.243. The molecule has 4 unspecified atom stereocenters. The minimum atomic E-state index is -0.533. The number of aliphatic hydroxyl groups excluding tert-OH is 2. The third-order valence-corrected chi connectivity index (χ3v) is 8.20. The van der Waals surface area contributed by atoms with E-state index in [1.807, 2.05) is 0 Å². The highest BCUT2D eigenvalue weighted by molar-refractivity contribution is 5.40. The lowest BCUT2D eigenvalue weighted by Gasteiger charge is -2.50. The standard InChI is InChI=1S/C28H38O2/c1-20(29)8-6-17-28(18-19-28)26-13-5-11-24-23(10-7-16-27(24,26)3)15-14-22-9-4-12-25(30)21(22)2/h13-15,20,24-25,29-30H,2,4-5,7,9-12,16-19H2,1,3H3/b22-14-,23-15+. The van der Waals surface area contributed by atoms with Gasteiger partial charge < -0.3 is 10.2 Å². The molecular formula is C28H38O2. The molecular weight excluding hydrogens is 368 g/mol. The minimum Gasteiger partial charge on any atom is -0.388 e. The molecule has 2 heteroatoms. The normalized spacial score (nSPS) is 36.5. The van der Waals surface area contributed by atoms with Crippen molar-refractivity contribution in [2.45, 2.75) is 96.7 Å². The molecule has 4 aliphatic carbocycles. The molecule has 0 amide bonds. The Bertz CT molecular complexity index is 840. The van der Waals surface area contributed by atoms with Gasteiger partial charge in [-0.1, -0.05) is 54.7 Å². The van der Waals surface area contributed by atoms with Crippen LogP contribution in [0.15, 0.2) is 47.1 Å². The van der Waals surface area contributed by atoms with Crippen LogP contribution >= 0.6 is 0 Å². The second-order valence-corrected chi connectivity index (χ2v) is 10.3. The van der Waals surface area contributed by atoms with Crippen LogP contribution in [0.1, 0.15) is 84.5 Å². The largest absolute Gasteiger partial charge is 0.388 e. The van der Waals surface area contributed by atoms with E-state index in [0.717, 1.165) is 31.3 Å². The molecule has 4 rings (SSSR count). The van der Waals surface area contributed by atoms with Crippen molar-refractivity contribution in [3.05, 3.63) is 47.1 Å². The fraction of sp³-hybridized carbons (Fsp3) is 0.643. The van der Waals surface area contributed by atoms with Crippen molar-refractivity contribution >= 4 is 0 Å². The Labute approximate surface area is 182 Å². The van der Waals surface area contributed by atoms with E-state index >= 15 is 0 Å². The highest BCUT2D eigenvalue weighted by Gasteiger charge is 2.55. The van der Waals surface area contributed by atoms with Crippen molar-refractivity contribution in [2.24, 2.45) is 16.7 Å². The second-order valence-electron chi connectivity index (χ2n) is 10.3. The van der Waals surface area contributed by atoms with Crippen LogP contribution in [0.25, 0.3) is 0 Å². The first-order valence-electron chi connectivity index (χ1n) is 12.0. The molecule has 2 nitrogen and oxygen atoms in total. The summed E-state index contributed by atoms with van der Waals surface area (Å²) in [4.78, 5) is 0. The summed E-state index contributed by atoms with van der Waals surface area (Å²) < 4.78 is 0. The van der Waals surface area contributed by atoms with E-state index in [9.17, 15) is 10.2 Å². The van der Waals surface area contributed by atoms with E-state index in [1.54, 1.807) is 18.1 Å². The molecule has 0 aromatic rings. The van der Waals surface area contributed by atoms with Crippen molar-refractivity contribution in [3.63, 3.8) is 0 Å². The first-order valence-corrected chi connectivity index (χ1v) is 12.0. The number of aliphatic hydroxyl groups is 2. The maximum atomic E-state index is 10.2. The average Bonchev–Trinajstić information content (AvgIpc) is 3.48. The zero-order valence-corrected chi connectivity index (χ0v) is 18.8. The maximum Gasteiger partial charge on any atom is 0.111 e. The van der Waals surface area contributed by atoms with Crippen LogP contribution in [0.3, 0.4) is 0 Å². The van der Waals surface area contributed by atoms with Crippen LogP contribution < -0.4 is 0 Å². The average molecular weight is 407 g/mol. The summed E-state index contributed by atoms with van der Waals surface area (Å²) in [7, 11) is 0. The molecule has 4 aliphatic rings. The quantitative estimate of drug-likeness (QED) is 0.444. The Morgan fingerprint density at radius 3 is 2.73 bits per heavy atom. The summed E-state index contributed by atoms with van der Waals surface area (Å²) >= 11 is 0. The zero-order chi connectivity index (χ0) is 21.4. The molecule has 30 heavy (non-hydrogen) atoms. The van der Waals surface area contributed by atoms with E-state index in [-0.39, 0.29) is 16.9 Å². The lowest BCUT2D eigenvalue weighted by molar-refractivity contribution is 0.167. The Hall–Kier alpha value is -1.56. The van der Waals surface area contributed by atoms with Crippen LogP contribution in [0.2, 0.25) is 0 Å². The summed E-state index contributed by atoms with van der Waals surface area (Å²) in [6.07, 6.45) is 18.8.